The molecule has 0 aliphatic carbocycles. The van der Waals surface area contributed by atoms with Crippen LogP contribution in [0.5, 0.6) is 0 Å². The minimum atomic E-state index is -1.14. The molecule has 2 rings (SSSR count). The average molecular weight is 294 g/mol. The molecule has 1 amide bonds. The summed E-state index contributed by atoms with van der Waals surface area (Å²) < 4.78 is 5.12. The molecule has 5 nitrogen and oxygen atoms in total. The number of hydrogen-bond donors (Lipinski definition) is 2. The Morgan fingerprint density at radius 3 is 2.75 bits per heavy atom. The summed E-state index contributed by atoms with van der Waals surface area (Å²) in [4.78, 5) is 22.9. The number of aromatic carboxylic acids is 1. The van der Waals surface area contributed by atoms with Gasteiger partial charge in [0.25, 0.3) is 0 Å². The number of aryl methyl sites for hydroxylation is 1. The molecule has 0 saturated carbocycles. The highest BCUT2D eigenvalue weighted by Crippen LogP contribution is 2.21. The third-order valence-corrected chi connectivity index (χ3v) is 2.90. The first kappa shape index (κ1) is 14.1. The number of halogens is 1. The first-order valence-corrected chi connectivity index (χ1v) is 6.29. The lowest BCUT2D eigenvalue weighted by atomic mass is 10.1. The molecular weight excluding hydrogens is 282 g/mol. The van der Waals surface area contributed by atoms with Gasteiger partial charge in [0.05, 0.1) is 17.5 Å². The average Bonchev–Trinajstić information content (AvgIpc) is 2.91. The van der Waals surface area contributed by atoms with Crippen molar-refractivity contribution in [3.8, 4) is 0 Å². The summed E-state index contributed by atoms with van der Waals surface area (Å²) in [5.74, 6) is -0.727. The summed E-state index contributed by atoms with van der Waals surface area (Å²) in [5, 5.41) is 11.9. The van der Waals surface area contributed by atoms with E-state index in [9.17, 15) is 9.59 Å². The summed E-state index contributed by atoms with van der Waals surface area (Å²) >= 11 is 5.74. The van der Waals surface area contributed by atoms with Gasteiger partial charge in [-0.2, -0.15) is 0 Å². The number of rotatable bonds is 5. The number of amides is 1. The summed E-state index contributed by atoms with van der Waals surface area (Å²) in [6.07, 6.45) is 2.19. The van der Waals surface area contributed by atoms with E-state index in [0.29, 0.717) is 17.2 Å². The SMILES string of the molecule is O=C(CCc1ccco1)Nc1ccc(Cl)cc1C(=O)O. The molecule has 20 heavy (non-hydrogen) atoms. The topological polar surface area (TPSA) is 79.5 Å². The number of benzene rings is 1. The molecule has 0 bridgehead atoms. The van der Waals surface area contributed by atoms with Crippen LogP contribution in [-0.2, 0) is 11.2 Å². The summed E-state index contributed by atoms with van der Waals surface area (Å²) in [6, 6.07) is 7.81. The third kappa shape index (κ3) is 3.61. The van der Waals surface area contributed by atoms with E-state index in [0.717, 1.165) is 0 Å². The van der Waals surface area contributed by atoms with Crippen LogP contribution in [0.1, 0.15) is 22.5 Å². The largest absolute Gasteiger partial charge is 0.478 e. The van der Waals surface area contributed by atoms with E-state index in [4.69, 9.17) is 21.1 Å². The summed E-state index contributed by atoms with van der Waals surface area (Å²) in [6.45, 7) is 0. The molecule has 1 aromatic carbocycles. The Morgan fingerprint density at radius 2 is 2.10 bits per heavy atom. The Hall–Kier alpha value is -2.27. The van der Waals surface area contributed by atoms with Crippen LogP contribution in [0.4, 0.5) is 5.69 Å². The zero-order valence-electron chi connectivity index (χ0n) is 10.4. The quantitative estimate of drug-likeness (QED) is 0.887. The molecule has 0 saturated heterocycles. The fraction of sp³-hybridized carbons (Fsp3) is 0.143. The van der Waals surface area contributed by atoms with Gasteiger partial charge in [0.1, 0.15) is 5.76 Å². The lowest BCUT2D eigenvalue weighted by Crippen LogP contribution is -2.15. The predicted molar refractivity (Wildman–Crippen MR) is 74.1 cm³/mol. The van der Waals surface area contributed by atoms with Gasteiger partial charge >= 0.3 is 5.97 Å². The van der Waals surface area contributed by atoms with Crippen molar-refractivity contribution in [2.75, 3.05) is 5.32 Å². The van der Waals surface area contributed by atoms with E-state index >= 15 is 0 Å². The summed E-state index contributed by atoms with van der Waals surface area (Å²) in [5.41, 5.74) is 0.190. The van der Waals surface area contributed by atoms with Gasteiger partial charge in [-0.1, -0.05) is 11.6 Å². The smallest absolute Gasteiger partial charge is 0.337 e. The number of carbonyl (C=O) groups is 2. The minimum Gasteiger partial charge on any atom is -0.478 e. The number of nitrogens with one attached hydrogen (secondary N) is 1. The second-order valence-electron chi connectivity index (χ2n) is 4.12. The molecule has 1 aromatic heterocycles. The predicted octanol–water partition coefficient (Wildman–Crippen LogP) is 3.20. The number of furan rings is 1. The molecular formula is C14H12ClNO4. The molecule has 0 aliphatic rings. The number of hydrogen-bond acceptors (Lipinski definition) is 3. The molecule has 104 valence electrons. The standard InChI is InChI=1S/C14H12ClNO4/c15-9-3-5-12(11(8-9)14(18)19)16-13(17)6-4-10-2-1-7-20-10/h1-3,5,7-8H,4,6H2,(H,16,17)(H,18,19). The highest BCUT2D eigenvalue weighted by molar-refractivity contribution is 6.31. The normalized spacial score (nSPS) is 10.2. The number of carboxylic acids is 1. The molecule has 0 aliphatic heterocycles. The lowest BCUT2D eigenvalue weighted by Gasteiger charge is -2.08. The van der Waals surface area contributed by atoms with E-state index < -0.39 is 5.97 Å². The molecule has 0 fully saturated rings. The first-order chi connectivity index (χ1) is 9.56. The van der Waals surface area contributed by atoms with Crippen LogP contribution in [0.2, 0.25) is 5.02 Å². The van der Waals surface area contributed by atoms with Gasteiger partial charge in [0.2, 0.25) is 5.91 Å². The maximum absolute atomic E-state index is 11.8. The van der Waals surface area contributed by atoms with Crippen molar-refractivity contribution in [1.29, 1.82) is 0 Å². The van der Waals surface area contributed by atoms with Crippen LogP contribution in [-0.4, -0.2) is 17.0 Å². The molecule has 0 unspecified atom stereocenters. The maximum Gasteiger partial charge on any atom is 0.337 e. The van der Waals surface area contributed by atoms with Crippen LogP contribution in [0.25, 0.3) is 0 Å². The molecule has 0 radical (unpaired) electrons. The van der Waals surface area contributed by atoms with Crippen molar-refractivity contribution in [2.24, 2.45) is 0 Å². The Morgan fingerprint density at radius 1 is 1.30 bits per heavy atom. The Kier molecular flexibility index (Phi) is 4.42. The summed E-state index contributed by atoms with van der Waals surface area (Å²) in [7, 11) is 0. The number of anilines is 1. The van der Waals surface area contributed by atoms with Crippen LogP contribution in [0.15, 0.2) is 41.0 Å². The van der Waals surface area contributed by atoms with Gasteiger partial charge in [0.15, 0.2) is 0 Å². The molecule has 2 aromatic rings. The zero-order valence-corrected chi connectivity index (χ0v) is 11.2. The Labute approximate surface area is 120 Å². The van der Waals surface area contributed by atoms with E-state index in [1.807, 2.05) is 0 Å². The van der Waals surface area contributed by atoms with Gasteiger partial charge in [-0.05, 0) is 30.3 Å². The number of carbonyl (C=O) groups excluding carboxylic acids is 1. The second-order valence-corrected chi connectivity index (χ2v) is 4.56. The highest BCUT2D eigenvalue weighted by atomic mass is 35.5. The zero-order chi connectivity index (χ0) is 14.5. The van der Waals surface area contributed by atoms with Crippen molar-refractivity contribution < 1.29 is 19.1 Å². The van der Waals surface area contributed by atoms with Crippen molar-refractivity contribution in [1.82, 2.24) is 0 Å². The van der Waals surface area contributed by atoms with Gasteiger partial charge in [-0.25, -0.2) is 4.79 Å². The van der Waals surface area contributed by atoms with E-state index in [2.05, 4.69) is 5.32 Å². The first-order valence-electron chi connectivity index (χ1n) is 5.91. The number of carboxylic acid groups (broad SMARTS) is 1. The van der Waals surface area contributed by atoms with E-state index in [1.54, 1.807) is 12.1 Å². The molecule has 0 atom stereocenters. The van der Waals surface area contributed by atoms with Gasteiger partial charge in [-0.15, -0.1) is 0 Å². The fourth-order valence-electron chi connectivity index (χ4n) is 1.71. The molecule has 0 spiro atoms. The minimum absolute atomic E-state index is 0.0381. The van der Waals surface area contributed by atoms with Crippen molar-refractivity contribution in [3.05, 3.63) is 52.9 Å². The van der Waals surface area contributed by atoms with Crippen molar-refractivity contribution in [2.45, 2.75) is 12.8 Å². The maximum atomic E-state index is 11.8. The molecule has 2 N–H and O–H groups in total. The molecule has 1 heterocycles. The van der Waals surface area contributed by atoms with Crippen LogP contribution >= 0.6 is 11.6 Å². The Bertz CT molecular complexity index is 622. The lowest BCUT2D eigenvalue weighted by molar-refractivity contribution is -0.116. The highest BCUT2D eigenvalue weighted by Gasteiger charge is 2.13. The molecule has 6 heteroatoms. The monoisotopic (exact) mass is 293 g/mol. The fourth-order valence-corrected chi connectivity index (χ4v) is 1.88. The van der Waals surface area contributed by atoms with Crippen molar-refractivity contribution >= 4 is 29.2 Å². The van der Waals surface area contributed by atoms with E-state index in [1.165, 1.54) is 24.5 Å². The van der Waals surface area contributed by atoms with Gasteiger partial charge < -0.3 is 14.8 Å². The van der Waals surface area contributed by atoms with Crippen LogP contribution < -0.4 is 5.32 Å². The van der Waals surface area contributed by atoms with E-state index in [-0.39, 0.29) is 23.6 Å². The van der Waals surface area contributed by atoms with Crippen LogP contribution in [0.3, 0.4) is 0 Å². The third-order valence-electron chi connectivity index (χ3n) is 2.66. The van der Waals surface area contributed by atoms with Crippen LogP contribution in [0, 0.1) is 0 Å². The Balaban J connectivity index is 2.02. The van der Waals surface area contributed by atoms with Gasteiger partial charge in [-0.3, -0.25) is 4.79 Å². The van der Waals surface area contributed by atoms with Crippen molar-refractivity contribution in [3.63, 3.8) is 0 Å². The van der Waals surface area contributed by atoms with Gasteiger partial charge in [0, 0.05) is 17.9 Å². The second kappa shape index (κ2) is 6.25.